The smallest absolute Gasteiger partial charge is 0.349 e. The van der Waals surface area contributed by atoms with Gasteiger partial charge in [-0.2, -0.15) is 13.2 Å². The molecule has 0 fully saturated rings. The van der Waals surface area contributed by atoms with Gasteiger partial charge in [-0.05, 0) is 0 Å². The third kappa shape index (κ3) is 6.65. The predicted molar refractivity (Wildman–Crippen MR) is 80.7 cm³/mol. The highest BCUT2D eigenvalue weighted by atomic mass is 127. The van der Waals surface area contributed by atoms with Crippen LogP contribution in [0.4, 0.5) is 13.2 Å². The van der Waals surface area contributed by atoms with Gasteiger partial charge in [-0.1, -0.05) is 5.92 Å². The highest BCUT2D eigenvalue weighted by molar-refractivity contribution is 14.0. The molecule has 112 valence electrons. The van der Waals surface area contributed by atoms with Gasteiger partial charge in [0.05, 0.1) is 13.1 Å². The summed E-state index contributed by atoms with van der Waals surface area (Å²) in [7, 11) is 1.54. The zero-order chi connectivity index (χ0) is 14.3. The SMILES string of the molecule is C#CCNC(=NC)NCc1nccn1CC(F)(F)F.I. The molecule has 20 heavy (non-hydrogen) atoms. The van der Waals surface area contributed by atoms with E-state index in [1.807, 2.05) is 0 Å². The Kier molecular flexibility index (Phi) is 8.05. The van der Waals surface area contributed by atoms with Crippen LogP contribution in [0.1, 0.15) is 5.82 Å². The van der Waals surface area contributed by atoms with Gasteiger partial charge in [-0.15, -0.1) is 30.4 Å². The monoisotopic (exact) mass is 401 g/mol. The van der Waals surface area contributed by atoms with Crippen molar-refractivity contribution in [3.05, 3.63) is 18.2 Å². The molecule has 0 aromatic carbocycles. The first-order valence-corrected chi connectivity index (χ1v) is 5.41. The molecule has 0 unspecified atom stereocenters. The van der Waals surface area contributed by atoms with Crippen LogP contribution in [0.3, 0.4) is 0 Å². The first-order chi connectivity index (χ1) is 8.96. The van der Waals surface area contributed by atoms with Crippen molar-refractivity contribution in [1.82, 2.24) is 20.2 Å². The van der Waals surface area contributed by atoms with Crippen LogP contribution in [0.2, 0.25) is 0 Å². The number of halogens is 4. The molecule has 0 bridgehead atoms. The number of hydrogen-bond acceptors (Lipinski definition) is 2. The maximum absolute atomic E-state index is 12.3. The second-order valence-corrected chi connectivity index (χ2v) is 3.57. The minimum atomic E-state index is -4.28. The normalized spacial score (nSPS) is 11.4. The van der Waals surface area contributed by atoms with Crippen LogP contribution in [-0.4, -0.2) is 35.3 Å². The van der Waals surface area contributed by atoms with Gasteiger partial charge in [0.25, 0.3) is 0 Å². The van der Waals surface area contributed by atoms with Gasteiger partial charge in [-0.3, -0.25) is 4.99 Å². The lowest BCUT2D eigenvalue weighted by Crippen LogP contribution is -2.37. The van der Waals surface area contributed by atoms with Crippen LogP contribution in [-0.2, 0) is 13.1 Å². The Bertz CT molecular complexity index is 475. The van der Waals surface area contributed by atoms with E-state index >= 15 is 0 Å². The van der Waals surface area contributed by atoms with Gasteiger partial charge in [-0.25, -0.2) is 4.98 Å². The largest absolute Gasteiger partial charge is 0.406 e. The Morgan fingerprint density at radius 3 is 2.75 bits per heavy atom. The van der Waals surface area contributed by atoms with Crippen molar-refractivity contribution in [3.63, 3.8) is 0 Å². The number of aromatic nitrogens is 2. The summed E-state index contributed by atoms with van der Waals surface area (Å²) in [6.45, 7) is -0.676. The maximum atomic E-state index is 12.3. The molecular formula is C11H15F3IN5. The number of alkyl halides is 3. The van der Waals surface area contributed by atoms with Gasteiger partial charge < -0.3 is 15.2 Å². The topological polar surface area (TPSA) is 54.2 Å². The highest BCUT2D eigenvalue weighted by Crippen LogP contribution is 2.18. The van der Waals surface area contributed by atoms with Crippen molar-refractivity contribution >= 4 is 29.9 Å². The summed E-state index contributed by atoms with van der Waals surface area (Å²) >= 11 is 0. The number of imidazole rings is 1. The van der Waals surface area contributed by atoms with Crippen molar-refractivity contribution in [3.8, 4) is 12.3 Å². The van der Waals surface area contributed by atoms with Crippen LogP contribution >= 0.6 is 24.0 Å². The zero-order valence-electron chi connectivity index (χ0n) is 10.7. The van der Waals surface area contributed by atoms with Gasteiger partial charge >= 0.3 is 6.18 Å². The molecule has 0 spiro atoms. The average Bonchev–Trinajstić information content (AvgIpc) is 2.74. The number of rotatable bonds is 4. The van der Waals surface area contributed by atoms with Crippen LogP contribution in [0.15, 0.2) is 17.4 Å². The van der Waals surface area contributed by atoms with Crippen molar-refractivity contribution in [2.45, 2.75) is 19.3 Å². The molecule has 0 amide bonds. The van der Waals surface area contributed by atoms with E-state index in [4.69, 9.17) is 6.42 Å². The van der Waals surface area contributed by atoms with Crippen LogP contribution < -0.4 is 10.6 Å². The van der Waals surface area contributed by atoms with E-state index < -0.39 is 12.7 Å². The fourth-order valence-electron chi connectivity index (χ4n) is 1.36. The number of nitrogens with zero attached hydrogens (tertiary/aromatic N) is 3. The van der Waals surface area contributed by atoms with Crippen molar-refractivity contribution in [2.75, 3.05) is 13.6 Å². The first-order valence-electron chi connectivity index (χ1n) is 5.41. The summed E-state index contributed by atoms with van der Waals surface area (Å²) in [5, 5.41) is 5.62. The summed E-state index contributed by atoms with van der Waals surface area (Å²) in [6, 6.07) is 0. The number of guanidine groups is 1. The number of hydrogen-bond donors (Lipinski definition) is 2. The van der Waals surface area contributed by atoms with E-state index in [1.165, 1.54) is 19.4 Å². The Morgan fingerprint density at radius 2 is 2.20 bits per heavy atom. The van der Waals surface area contributed by atoms with Gasteiger partial charge in [0.15, 0.2) is 5.96 Å². The van der Waals surface area contributed by atoms with E-state index in [9.17, 15) is 13.2 Å². The standard InChI is InChI=1S/C11H14F3N5.HI/c1-3-4-17-10(15-2)18-7-9-16-5-6-19(9)8-11(12,13)14;/h1,5-6H,4,7-8H2,2H3,(H2,15,17,18);1H. The predicted octanol–water partition coefficient (Wildman–Crippen LogP) is 1.36. The molecule has 1 aromatic rings. The number of nitrogens with one attached hydrogen (secondary N) is 2. The summed E-state index contributed by atoms with van der Waals surface area (Å²) < 4.78 is 37.9. The highest BCUT2D eigenvalue weighted by Gasteiger charge is 2.28. The van der Waals surface area contributed by atoms with Crippen LogP contribution in [0, 0.1) is 12.3 Å². The van der Waals surface area contributed by atoms with E-state index in [0.717, 1.165) is 4.57 Å². The summed E-state index contributed by atoms with van der Waals surface area (Å²) in [6.07, 6.45) is 3.40. The molecule has 9 heteroatoms. The minimum absolute atomic E-state index is 0. The summed E-state index contributed by atoms with van der Waals surface area (Å²) in [5.41, 5.74) is 0. The summed E-state index contributed by atoms with van der Waals surface area (Å²) in [4.78, 5) is 7.73. The fourth-order valence-corrected chi connectivity index (χ4v) is 1.36. The van der Waals surface area contributed by atoms with E-state index in [-0.39, 0.29) is 42.9 Å². The molecule has 0 atom stereocenters. The molecule has 2 N–H and O–H groups in total. The molecular weight excluding hydrogens is 386 g/mol. The van der Waals surface area contributed by atoms with Gasteiger partial charge in [0, 0.05) is 19.4 Å². The van der Waals surface area contributed by atoms with Crippen molar-refractivity contribution in [2.24, 2.45) is 4.99 Å². The second kappa shape index (κ2) is 8.68. The van der Waals surface area contributed by atoms with Crippen molar-refractivity contribution in [1.29, 1.82) is 0 Å². The average molecular weight is 401 g/mol. The third-order valence-electron chi connectivity index (χ3n) is 2.15. The second-order valence-electron chi connectivity index (χ2n) is 3.57. The number of terminal acetylenes is 1. The molecule has 0 saturated carbocycles. The Hall–Kier alpha value is -1.44. The van der Waals surface area contributed by atoms with E-state index in [0.29, 0.717) is 5.96 Å². The molecule has 0 radical (unpaired) electrons. The molecule has 1 rings (SSSR count). The quantitative estimate of drug-likeness (QED) is 0.347. The summed E-state index contributed by atoms with van der Waals surface area (Å²) in [5.74, 6) is 3.03. The molecule has 0 aliphatic rings. The van der Waals surface area contributed by atoms with Gasteiger partial charge in [0.1, 0.15) is 12.4 Å². The zero-order valence-corrected chi connectivity index (χ0v) is 13.1. The fraction of sp³-hybridized carbons (Fsp3) is 0.455. The third-order valence-corrected chi connectivity index (χ3v) is 2.15. The van der Waals surface area contributed by atoms with Crippen LogP contribution in [0.25, 0.3) is 0 Å². The Balaban J connectivity index is 0.00000361. The Labute approximate surface area is 132 Å². The van der Waals surface area contributed by atoms with E-state index in [1.54, 1.807) is 0 Å². The van der Waals surface area contributed by atoms with Crippen molar-refractivity contribution < 1.29 is 13.2 Å². The van der Waals surface area contributed by atoms with E-state index in [2.05, 4.69) is 26.5 Å². The minimum Gasteiger partial charge on any atom is -0.349 e. The lowest BCUT2D eigenvalue weighted by molar-refractivity contribution is -0.141. The first kappa shape index (κ1) is 18.6. The Morgan fingerprint density at radius 1 is 1.50 bits per heavy atom. The van der Waals surface area contributed by atoms with Gasteiger partial charge in [0.2, 0.25) is 0 Å². The van der Waals surface area contributed by atoms with Crippen LogP contribution in [0.5, 0.6) is 0 Å². The lowest BCUT2D eigenvalue weighted by atomic mass is 10.5. The molecule has 1 heterocycles. The molecule has 5 nitrogen and oxygen atoms in total. The maximum Gasteiger partial charge on any atom is 0.406 e. The molecule has 1 aromatic heterocycles. The molecule has 0 saturated heterocycles. The number of aliphatic imine (C=N–C) groups is 1. The molecule has 0 aliphatic carbocycles. The lowest BCUT2D eigenvalue weighted by Gasteiger charge is -2.13. The molecule has 0 aliphatic heterocycles.